The van der Waals surface area contributed by atoms with Gasteiger partial charge in [0.2, 0.25) is 15.9 Å². The lowest BCUT2D eigenvalue weighted by Crippen LogP contribution is -2.46. The van der Waals surface area contributed by atoms with E-state index in [2.05, 4.69) is 4.72 Å². The predicted molar refractivity (Wildman–Crippen MR) is 78.9 cm³/mol. The van der Waals surface area contributed by atoms with E-state index in [0.717, 1.165) is 5.56 Å². The summed E-state index contributed by atoms with van der Waals surface area (Å²) in [6.45, 7) is 8.30. The molecule has 0 aromatic heterocycles. The zero-order chi connectivity index (χ0) is 15.3. The molecular weight excluding hydrogens is 276 g/mol. The average Bonchev–Trinajstić information content (AvgIpc) is 2.40. The molecule has 0 heterocycles. The maximum absolute atomic E-state index is 12.2. The molecule has 20 heavy (non-hydrogen) atoms. The van der Waals surface area contributed by atoms with Gasteiger partial charge in [-0.15, -0.1) is 0 Å². The fourth-order valence-electron chi connectivity index (χ4n) is 1.88. The summed E-state index contributed by atoms with van der Waals surface area (Å²) < 4.78 is 26.8. The third-order valence-corrected chi connectivity index (χ3v) is 4.67. The number of amides is 1. The lowest BCUT2D eigenvalue weighted by atomic mass is 10.2. The van der Waals surface area contributed by atoms with Gasteiger partial charge in [-0.25, -0.2) is 8.42 Å². The summed E-state index contributed by atoms with van der Waals surface area (Å²) in [5, 5.41) is 0. The minimum absolute atomic E-state index is 0.169. The van der Waals surface area contributed by atoms with Crippen LogP contribution in [0.15, 0.2) is 29.2 Å². The van der Waals surface area contributed by atoms with Gasteiger partial charge in [0.05, 0.1) is 10.9 Å². The fraction of sp³-hybridized carbons (Fsp3) is 0.500. The molecule has 0 fully saturated rings. The molecule has 0 aliphatic rings. The van der Waals surface area contributed by atoms with E-state index in [1.54, 1.807) is 24.0 Å². The largest absolute Gasteiger partial charge is 0.342 e. The second kappa shape index (κ2) is 6.85. The molecular formula is C14H22N2O3S. The van der Waals surface area contributed by atoms with Gasteiger partial charge in [0.25, 0.3) is 0 Å². The SMILES string of the molecule is CCN(CC)C(=O)C(C)NS(=O)(=O)c1ccc(C)cc1. The molecule has 0 aliphatic heterocycles. The van der Waals surface area contributed by atoms with E-state index in [9.17, 15) is 13.2 Å². The topological polar surface area (TPSA) is 66.5 Å². The smallest absolute Gasteiger partial charge is 0.241 e. The van der Waals surface area contributed by atoms with Crippen molar-refractivity contribution < 1.29 is 13.2 Å². The Bertz CT molecular complexity index is 548. The maximum Gasteiger partial charge on any atom is 0.241 e. The van der Waals surface area contributed by atoms with Crippen molar-refractivity contribution in [1.29, 1.82) is 0 Å². The molecule has 1 aromatic carbocycles. The Morgan fingerprint density at radius 2 is 1.70 bits per heavy atom. The van der Waals surface area contributed by atoms with E-state index in [0.29, 0.717) is 13.1 Å². The van der Waals surface area contributed by atoms with Crippen molar-refractivity contribution in [3.8, 4) is 0 Å². The van der Waals surface area contributed by atoms with Crippen molar-refractivity contribution >= 4 is 15.9 Å². The molecule has 1 amide bonds. The molecule has 5 nitrogen and oxygen atoms in total. The van der Waals surface area contributed by atoms with Gasteiger partial charge in [-0.3, -0.25) is 4.79 Å². The lowest BCUT2D eigenvalue weighted by Gasteiger charge is -2.23. The monoisotopic (exact) mass is 298 g/mol. The highest BCUT2D eigenvalue weighted by Crippen LogP contribution is 2.11. The fourth-order valence-corrected chi connectivity index (χ4v) is 3.07. The van der Waals surface area contributed by atoms with Crippen LogP contribution in [0.5, 0.6) is 0 Å². The normalized spacial score (nSPS) is 13.0. The molecule has 1 N–H and O–H groups in total. The summed E-state index contributed by atoms with van der Waals surface area (Å²) in [5.41, 5.74) is 0.983. The van der Waals surface area contributed by atoms with Crippen molar-refractivity contribution in [2.75, 3.05) is 13.1 Å². The van der Waals surface area contributed by atoms with Gasteiger partial charge in [0.15, 0.2) is 0 Å². The minimum Gasteiger partial charge on any atom is -0.342 e. The second-order valence-electron chi connectivity index (χ2n) is 4.67. The maximum atomic E-state index is 12.2. The van der Waals surface area contributed by atoms with Crippen LogP contribution < -0.4 is 4.72 Å². The average molecular weight is 298 g/mol. The van der Waals surface area contributed by atoms with Gasteiger partial charge in [0.1, 0.15) is 0 Å². The first-order valence-electron chi connectivity index (χ1n) is 6.69. The van der Waals surface area contributed by atoms with Crippen LogP contribution in [0.25, 0.3) is 0 Å². The number of benzene rings is 1. The standard InChI is InChI=1S/C14H22N2O3S/c1-5-16(6-2)14(17)12(4)15-20(18,19)13-9-7-11(3)8-10-13/h7-10,12,15H,5-6H2,1-4H3. The van der Waals surface area contributed by atoms with Crippen LogP contribution in [0.2, 0.25) is 0 Å². The summed E-state index contributed by atoms with van der Waals surface area (Å²) in [7, 11) is -3.67. The van der Waals surface area contributed by atoms with Crippen molar-refractivity contribution in [1.82, 2.24) is 9.62 Å². The third kappa shape index (κ3) is 4.05. The third-order valence-electron chi connectivity index (χ3n) is 3.11. The van der Waals surface area contributed by atoms with E-state index in [1.807, 2.05) is 20.8 Å². The van der Waals surface area contributed by atoms with Crippen LogP contribution in [0.1, 0.15) is 26.3 Å². The number of nitrogens with one attached hydrogen (secondary N) is 1. The number of nitrogens with zero attached hydrogens (tertiary/aromatic N) is 1. The Balaban J connectivity index is 2.85. The van der Waals surface area contributed by atoms with Crippen LogP contribution >= 0.6 is 0 Å². The number of hydrogen-bond acceptors (Lipinski definition) is 3. The van der Waals surface area contributed by atoms with Gasteiger partial charge >= 0.3 is 0 Å². The van der Waals surface area contributed by atoms with E-state index >= 15 is 0 Å². The highest BCUT2D eigenvalue weighted by atomic mass is 32.2. The zero-order valence-electron chi connectivity index (χ0n) is 12.4. The van der Waals surface area contributed by atoms with Gasteiger partial charge in [0, 0.05) is 13.1 Å². The molecule has 0 saturated carbocycles. The molecule has 1 unspecified atom stereocenters. The highest BCUT2D eigenvalue weighted by molar-refractivity contribution is 7.89. The summed E-state index contributed by atoms with van der Waals surface area (Å²) >= 11 is 0. The highest BCUT2D eigenvalue weighted by Gasteiger charge is 2.24. The van der Waals surface area contributed by atoms with Crippen LogP contribution in [-0.4, -0.2) is 38.4 Å². The van der Waals surface area contributed by atoms with Crippen molar-refractivity contribution in [3.63, 3.8) is 0 Å². The molecule has 0 radical (unpaired) electrons. The van der Waals surface area contributed by atoms with Crippen molar-refractivity contribution in [2.24, 2.45) is 0 Å². The van der Waals surface area contributed by atoms with Gasteiger partial charge in [-0.1, -0.05) is 17.7 Å². The molecule has 1 aromatic rings. The number of likely N-dealkylation sites (N-methyl/N-ethyl adjacent to an activating group) is 1. The van der Waals surface area contributed by atoms with Crippen LogP contribution in [-0.2, 0) is 14.8 Å². The first-order valence-corrected chi connectivity index (χ1v) is 8.18. The Kier molecular flexibility index (Phi) is 5.71. The van der Waals surface area contributed by atoms with Crippen LogP contribution in [0.4, 0.5) is 0 Å². The molecule has 0 bridgehead atoms. The van der Waals surface area contributed by atoms with Crippen LogP contribution in [0, 0.1) is 6.92 Å². The molecule has 6 heteroatoms. The predicted octanol–water partition coefficient (Wildman–Crippen LogP) is 1.53. The summed E-state index contributed by atoms with van der Waals surface area (Å²) in [5.74, 6) is -0.217. The Hall–Kier alpha value is -1.40. The number of carbonyl (C=O) groups is 1. The van der Waals surface area contributed by atoms with E-state index in [4.69, 9.17) is 0 Å². The summed E-state index contributed by atoms with van der Waals surface area (Å²) in [6.07, 6.45) is 0. The number of hydrogen-bond donors (Lipinski definition) is 1. The van der Waals surface area contributed by atoms with Crippen molar-refractivity contribution in [2.45, 2.75) is 38.6 Å². The Labute approximate surface area is 121 Å². The second-order valence-corrected chi connectivity index (χ2v) is 6.38. The number of carbonyl (C=O) groups excluding carboxylic acids is 1. The zero-order valence-corrected chi connectivity index (χ0v) is 13.2. The number of rotatable bonds is 6. The van der Waals surface area contributed by atoms with E-state index in [1.165, 1.54) is 12.1 Å². The molecule has 0 spiro atoms. The number of aryl methyl sites for hydroxylation is 1. The van der Waals surface area contributed by atoms with Gasteiger partial charge in [-0.05, 0) is 39.8 Å². The first kappa shape index (κ1) is 16.7. The quantitative estimate of drug-likeness (QED) is 0.866. The molecule has 1 rings (SSSR count). The minimum atomic E-state index is -3.67. The van der Waals surface area contributed by atoms with Gasteiger partial charge in [-0.2, -0.15) is 4.72 Å². The molecule has 0 saturated heterocycles. The first-order chi connectivity index (χ1) is 9.31. The summed E-state index contributed by atoms with van der Waals surface area (Å²) in [4.78, 5) is 13.8. The number of sulfonamides is 1. The van der Waals surface area contributed by atoms with E-state index in [-0.39, 0.29) is 10.8 Å². The molecule has 112 valence electrons. The van der Waals surface area contributed by atoms with Crippen LogP contribution in [0.3, 0.4) is 0 Å². The lowest BCUT2D eigenvalue weighted by molar-refractivity contribution is -0.132. The summed E-state index contributed by atoms with van der Waals surface area (Å²) in [6, 6.07) is 5.75. The van der Waals surface area contributed by atoms with E-state index < -0.39 is 16.1 Å². The Morgan fingerprint density at radius 3 is 2.15 bits per heavy atom. The van der Waals surface area contributed by atoms with Gasteiger partial charge < -0.3 is 4.90 Å². The molecule has 0 aliphatic carbocycles. The Morgan fingerprint density at radius 1 is 1.20 bits per heavy atom. The van der Waals surface area contributed by atoms with Crippen molar-refractivity contribution in [3.05, 3.63) is 29.8 Å². The molecule has 1 atom stereocenters.